The molecule has 2 aromatic heterocycles. The Labute approximate surface area is 252 Å². The monoisotopic (exact) mass is 600 g/mol. The molecule has 220 valence electrons. The van der Waals surface area contributed by atoms with E-state index in [9.17, 15) is 18.8 Å². The SMILES string of the molecule is CC(=O)c1nn(CC(=O)N2C3C[C@@H]3C[C@H]2C(=O)NC/C(F)=C(\C)c2cccc(Cl)c2)c2ccc(-c3cnc(C)nc3)cc12. The molecule has 43 heavy (non-hydrogen) atoms. The topological polar surface area (TPSA) is 110 Å². The number of fused-ring (bicyclic) bond motifs is 2. The number of piperidine rings is 1. The fourth-order valence-electron chi connectivity index (χ4n) is 5.83. The van der Waals surface area contributed by atoms with Crippen molar-refractivity contribution in [3.05, 3.63) is 82.8 Å². The van der Waals surface area contributed by atoms with Crippen LogP contribution in [0.25, 0.3) is 27.6 Å². The molecule has 1 saturated carbocycles. The first-order valence-electron chi connectivity index (χ1n) is 14.1. The zero-order valence-electron chi connectivity index (χ0n) is 24.0. The quantitative estimate of drug-likeness (QED) is 0.280. The first-order chi connectivity index (χ1) is 20.6. The van der Waals surface area contributed by atoms with Gasteiger partial charge in [-0.1, -0.05) is 29.8 Å². The summed E-state index contributed by atoms with van der Waals surface area (Å²) in [6.45, 7) is 4.46. The zero-order valence-corrected chi connectivity index (χ0v) is 24.7. The van der Waals surface area contributed by atoms with E-state index < -0.39 is 17.8 Å². The van der Waals surface area contributed by atoms with Crippen LogP contribution < -0.4 is 5.32 Å². The van der Waals surface area contributed by atoms with Gasteiger partial charge in [0.25, 0.3) is 0 Å². The van der Waals surface area contributed by atoms with E-state index in [-0.39, 0.29) is 42.4 Å². The van der Waals surface area contributed by atoms with E-state index in [1.54, 1.807) is 55.4 Å². The average molecular weight is 601 g/mol. The molecule has 2 fully saturated rings. The average Bonchev–Trinajstić information content (AvgIpc) is 3.50. The van der Waals surface area contributed by atoms with E-state index in [2.05, 4.69) is 20.4 Å². The van der Waals surface area contributed by atoms with Crippen molar-refractivity contribution in [1.82, 2.24) is 30.0 Å². The lowest BCUT2D eigenvalue weighted by Gasteiger charge is -2.27. The van der Waals surface area contributed by atoms with Gasteiger partial charge in [-0.2, -0.15) is 5.10 Å². The molecule has 0 spiro atoms. The van der Waals surface area contributed by atoms with E-state index in [0.29, 0.717) is 39.3 Å². The molecule has 6 rings (SSSR count). The molecule has 0 bridgehead atoms. The second-order valence-electron chi connectivity index (χ2n) is 11.2. The highest BCUT2D eigenvalue weighted by Crippen LogP contribution is 2.48. The number of likely N-dealkylation sites (tertiary alicyclic amines) is 1. The number of amides is 2. The van der Waals surface area contributed by atoms with E-state index in [4.69, 9.17) is 11.6 Å². The van der Waals surface area contributed by atoms with E-state index in [1.807, 2.05) is 18.2 Å². The summed E-state index contributed by atoms with van der Waals surface area (Å²) in [6, 6.07) is 11.7. The predicted octanol–water partition coefficient (Wildman–Crippen LogP) is 5.16. The standard InChI is InChI=1S/C32H30ClFN6O3/c1-17(20-5-4-6-24(33)9-20)26(34)15-37-32(43)29-12-22-11-28(22)40(29)30(42)16-39-27-8-7-21(23-13-35-19(3)36-14-23)10-25(27)31(38-39)18(2)41/h4-10,13-14,22,28-29H,11-12,15-16H2,1-3H3,(H,37,43)/b26-17-/t22-,28?,29+/m1/s1. The molecule has 1 unspecified atom stereocenters. The van der Waals surface area contributed by atoms with Gasteiger partial charge in [0.1, 0.15) is 29.9 Å². The number of Topliss-reactive ketones (excluding diaryl/α,β-unsaturated/α-hetero) is 1. The van der Waals surface area contributed by atoms with Crippen LogP contribution in [-0.2, 0) is 16.1 Å². The summed E-state index contributed by atoms with van der Waals surface area (Å²) in [6.07, 6.45) is 4.80. The van der Waals surface area contributed by atoms with Crippen molar-refractivity contribution in [2.75, 3.05) is 6.54 Å². The third-order valence-corrected chi connectivity index (χ3v) is 8.50. The van der Waals surface area contributed by atoms with Crippen LogP contribution in [0.1, 0.15) is 48.6 Å². The van der Waals surface area contributed by atoms with Crippen LogP contribution in [0, 0.1) is 12.8 Å². The van der Waals surface area contributed by atoms with Gasteiger partial charge in [0.15, 0.2) is 5.78 Å². The lowest BCUT2D eigenvalue weighted by molar-refractivity contribution is -0.140. The van der Waals surface area contributed by atoms with Crippen molar-refractivity contribution < 1.29 is 18.8 Å². The highest BCUT2D eigenvalue weighted by Gasteiger charge is 2.56. The molecule has 1 aliphatic heterocycles. The number of aromatic nitrogens is 4. The smallest absolute Gasteiger partial charge is 0.245 e. The Bertz CT molecular complexity index is 1800. The van der Waals surface area contributed by atoms with Crippen molar-refractivity contribution in [2.45, 2.75) is 52.2 Å². The van der Waals surface area contributed by atoms with Crippen molar-refractivity contribution in [2.24, 2.45) is 5.92 Å². The molecule has 2 aliphatic rings. The predicted molar refractivity (Wildman–Crippen MR) is 161 cm³/mol. The minimum absolute atomic E-state index is 0.0286. The number of aryl methyl sites for hydroxylation is 1. The van der Waals surface area contributed by atoms with Gasteiger partial charge in [0, 0.05) is 41.3 Å². The van der Waals surface area contributed by atoms with Gasteiger partial charge >= 0.3 is 0 Å². The van der Waals surface area contributed by atoms with Gasteiger partial charge < -0.3 is 10.2 Å². The van der Waals surface area contributed by atoms with Crippen LogP contribution in [0.2, 0.25) is 5.02 Å². The van der Waals surface area contributed by atoms with Crippen LogP contribution >= 0.6 is 11.6 Å². The number of rotatable bonds is 8. The number of carbonyl (C=O) groups is 3. The Morgan fingerprint density at radius 2 is 1.81 bits per heavy atom. The Kier molecular flexibility index (Phi) is 7.56. The summed E-state index contributed by atoms with van der Waals surface area (Å²) in [5, 5.41) is 8.29. The molecule has 9 nitrogen and oxygen atoms in total. The maximum absolute atomic E-state index is 15.0. The molecule has 2 amide bonds. The molecular formula is C32H30ClFN6O3. The maximum Gasteiger partial charge on any atom is 0.245 e. The fraction of sp³-hybridized carbons (Fsp3) is 0.312. The van der Waals surface area contributed by atoms with E-state index >= 15 is 0 Å². The second kappa shape index (κ2) is 11.3. The van der Waals surface area contributed by atoms with Crippen LogP contribution in [0.5, 0.6) is 0 Å². The second-order valence-corrected chi connectivity index (χ2v) is 11.6. The number of carbonyl (C=O) groups excluding carboxylic acids is 3. The first-order valence-corrected chi connectivity index (χ1v) is 14.5. The van der Waals surface area contributed by atoms with E-state index in [1.165, 1.54) is 11.6 Å². The molecular weight excluding hydrogens is 571 g/mol. The number of hydrogen-bond acceptors (Lipinski definition) is 6. The van der Waals surface area contributed by atoms with Gasteiger partial charge in [0.2, 0.25) is 11.8 Å². The minimum atomic E-state index is -0.697. The summed E-state index contributed by atoms with van der Waals surface area (Å²) in [4.78, 5) is 49.5. The van der Waals surface area contributed by atoms with Gasteiger partial charge in [-0.15, -0.1) is 0 Å². The third-order valence-electron chi connectivity index (χ3n) is 8.26. The Hall–Kier alpha value is -4.44. The van der Waals surface area contributed by atoms with Gasteiger partial charge in [-0.3, -0.25) is 19.1 Å². The number of benzene rings is 2. The molecule has 0 radical (unpaired) electrons. The number of ketones is 1. The number of halogens is 2. The Balaban J connectivity index is 1.20. The van der Waals surface area contributed by atoms with Crippen molar-refractivity contribution in [3.8, 4) is 11.1 Å². The first kappa shape index (κ1) is 28.7. The van der Waals surface area contributed by atoms with E-state index in [0.717, 1.165) is 17.5 Å². The van der Waals surface area contributed by atoms with Gasteiger partial charge in [-0.05, 0) is 73.6 Å². The van der Waals surface area contributed by atoms with Crippen LogP contribution in [-0.4, -0.2) is 60.9 Å². The summed E-state index contributed by atoms with van der Waals surface area (Å²) in [7, 11) is 0. The lowest BCUT2D eigenvalue weighted by Crippen LogP contribution is -2.49. The van der Waals surface area contributed by atoms with Gasteiger partial charge in [-0.25, -0.2) is 14.4 Å². The molecule has 2 aromatic carbocycles. The molecule has 1 aliphatic carbocycles. The molecule has 1 N–H and O–H groups in total. The summed E-state index contributed by atoms with van der Waals surface area (Å²) < 4.78 is 16.5. The van der Waals surface area contributed by atoms with Crippen molar-refractivity contribution in [1.29, 1.82) is 0 Å². The number of nitrogens with zero attached hydrogens (tertiary/aromatic N) is 5. The summed E-state index contributed by atoms with van der Waals surface area (Å²) in [5.41, 5.74) is 3.53. The number of allylic oxidation sites excluding steroid dienone is 1. The molecule has 1 saturated heterocycles. The molecule has 3 heterocycles. The molecule has 4 aromatic rings. The summed E-state index contributed by atoms with van der Waals surface area (Å²) in [5.74, 6) is -0.470. The number of hydrogen-bond donors (Lipinski definition) is 1. The molecule has 3 atom stereocenters. The maximum atomic E-state index is 15.0. The van der Waals surface area contributed by atoms with Crippen molar-refractivity contribution in [3.63, 3.8) is 0 Å². The zero-order chi connectivity index (χ0) is 30.4. The largest absolute Gasteiger partial charge is 0.348 e. The lowest BCUT2D eigenvalue weighted by atomic mass is 10.0. The number of nitrogens with one attached hydrogen (secondary N) is 1. The van der Waals surface area contributed by atoms with Crippen LogP contribution in [0.4, 0.5) is 4.39 Å². The highest BCUT2D eigenvalue weighted by molar-refractivity contribution is 6.30. The van der Waals surface area contributed by atoms with Crippen molar-refractivity contribution >= 4 is 45.7 Å². The fourth-order valence-corrected chi connectivity index (χ4v) is 6.02. The minimum Gasteiger partial charge on any atom is -0.348 e. The van der Waals surface area contributed by atoms with Gasteiger partial charge in [0.05, 0.1) is 12.1 Å². The van der Waals surface area contributed by atoms with Crippen LogP contribution in [0.3, 0.4) is 0 Å². The Morgan fingerprint density at radius 1 is 1.05 bits per heavy atom. The summed E-state index contributed by atoms with van der Waals surface area (Å²) >= 11 is 6.03. The highest BCUT2D eigenvalue weighted by atomic mass is 35.5. The van der Waals surface area contributed by atoms with Crippen LogP contribution in [0.15, 0.2) is 60.7 Å². The Morgan fingerprint density at radius 3 is 2.53 bits per heavy atom. The molecule has 11 heteroatoms. The third kappa shape index (κ3) is 5.67. The normalized spacial score (nSPS) is 19.7.